The van der Waals surface area contributed by atoms with Gasteiger partial charge in [0.2, 0.25) is 5.91 Å². The first kappa shape index (κ1) is 13.4. The molecule has 2 N–H and O–H groups in total. The molecule has 0 aliphatic carbocycles. The highest BCUT2D eigenvalue weighted by Crippen LogP contribution is 2.06. The quantitative estimate of drug-likeness (QED) is 0.647. The van der Waals surface area contributed by atoms with E-state index in [0.717, 1.165) is 0 Å². The number of nitrogens with one attached hydrogen (secondary N) is 1. The molecule has 1 amide bonds. The predicted molar refractivity (Wildman–Crippen MR) is 57.1 cm³/mol. The average Bonchev–Trinajstić information content (AvgIpc) is 2.03. The zero-order valence-electron chi connectivity index (χ0n) is 9.63. The van der Waals surface area contributed by atoms with Crippen LogP contribution >= 0.6 is 0 Å². The molecular weight excluding hydrogens is 180 g/mol. The van der Waals surface area contributed by atoms with Crippen molar-refractivity contribution >= 4 is 5.91 Å². The Hall–Kier alpha value is -0.610. The van der Waals surface area contributed by atoms with Crippen molar-refractivity contribution in [3.8, 4) is 0 Å². The van der Waals surface area contributed by atoms with Crippen LogP contribution in [0.3, 0.4) is 0 Å². The minimum Gasteiger partial charge on any atom is -0.396 e. The highest BCUT2D eigenvalue weighted by Gasteiger charge is 2.16. The van der Waals surface area contributed by atoms with Crippen LogP contribution < -0.4 is 5.32 Å². The van der Waals surface area contributed by atoms with Crippen LogP contribution in [0.25, 0.3) is 0 Å². The van der Waals surface area contributed by atoms with Gasteiger partial charge >= 0.3 is 0 Å². The minimum atomic E-state index is -0.0959. The molecule has 0 bridgehead atoms. The van der Waals surface area contributed by atoms with E-state index in [2.05, 4.69) is 5.32 Å². The maximum Gasteiger partial charge on any atom is 0.223 e. The van der Waals surface area contributed by atoms with Crippen molar-refractivity contribution in [2.75, 3.05) is 27.2 Å². The van der Waals surface area contributed by atoms with E-state index in [9.17, 15) is 4.79 Å². The summed E-state index contributed by atoms with van der Waals surface area (Å²) >= 11 is 0. The third kappa shape index (κ3) is 5.94. The van der Waals surface area contributed by atoms with Crippen molar-refractivity contribution in [3.63, 3.8) is 0 Å². The first-order valence-electron chi connectivity index (χ1n) is 4.95. The Bertz CT molecular complexity index is 179. The summed E-state index contributed by atoms with van der Waals surface area (Å²) < 4.78 is 0. The number of carbonyl (C=O) groups is 1. The summed E-state index contributed by atoms with van der Waals surface area (Å²) in [4.78, 5) is 12.8. The normalized spacial score (nSPS) is 11.5. The van der Waals surface area contributed by atoms with Crippen LogP contribution in [-0.4, -0.2) is 48.7 Å². The molecule has 0 rings (SSSR count). The summed E-state index contributed by atoms with van der Waals surface area (Å²) in [5, 5.41) is 12.0. The molecule has 0 fully saturated rings. The molecule has 0 aliphatic heterocycles. The number of aliphatic hydroxyl groups is 1. The van der Waals surface area contributed by atoms with Crippen LogP contribution in [0.15, 0.2) is 0 Å². The SMILES string of the molecule is CN(C)C(=O)CCNC(C)(C)CCO. The molecule has 0 radical (unpaired) electrons. The summed E-state index contributed by atoms with van der Waals surface area (Å²) in [5.41, 5.74) is -0.0959. The van der Waals surface area contributed by atoms with E-state index < -0.39 is 0 Å². The molecule has 0 saturated carbocycles. The lowest BCUT2D eigenvalue weighted by Crippen LogP contribution is -2.41. The molecular formula is C10H22N2O2. The molecule has 0 aromatic carbocycles. The van der Waals surface area contributed by atoms with Gasteiger partial charge in [0.25, 0.3) is 0 Å². The molecule has 14 heavy (non-hydrogen) atoms. The van der Waals surface area contributed by atoms with Crippen molar-refractivity contribution in [2.24, 2.45) is 0 Å². The molecule has 0 aromatic rings. The Morgan fingerprint density at radius 3 is 2.43 bits per heavy atom. The van der Waals surface area contributed by atoms with Crippen LogP contribution in [0.5, 0.6) is 0 Å². The Balaban J connectivity index is 3.68. The number of rotatable bonds is 6. The van der Waals surface area contributed by atoms with Crippen LogP contribution in [-0.2, 0) is 4.79 Å². The van der Waals surface area contributed by atoms with E-state index in [-0.39, 0.29) is 18.1 Å². The summed E-state index contributed by atoms with van der Waals surface area (Å²) in [7, 11) is 3.50. The monoisotopic (exact) mass is 202 g/mol. The molecule has 84 valence electrons. The van der Waals surface area contributed by atoms with Crippen LogP contribution in [0.4, 0.5) is 0 Å². The Labute approximate surface area is 86.3 Å². The van der Waals surface area contributed by atoms with E-state index >= 15 is 0 Å². The van der Waals surface area contributed by atoms with Crippen molar-refractivity contribution in [3.05, 3.63) is 0 Å². The largest absolute Gasteiger partial charge is 0.396 e. The third-order valence-electron chi connectivity index (χ3n) is 2.18. The Morgan fingerprint density at radius 2 is 2.00 bits per heavy atom. The van der Waals surface area contributed by atoms with Crippen molar-refractivity contribution in [1.82, 2.24) is 10.2 Å². The Kier molecular flexibility index (Phi) is 5.72. The number of nitrogens with zero attached hydrogens (tertiary/aromatic N) is 1. The average molecular weight is 202 g/mol. The summed E-state index contributed by atoms with van der Waals surface area (Å²) in [6.45, 7) is 4.86. The second kappa shape index (κ2) is 5.98. The first-order valence-corrected chi connectivity index (χ1v) is 4.95. The zero-order chi connectivity index (χ0) is 11.2. The number of amides is 1. The standard InChI is InChI=1S/C10H22N2O2/c1-10(2,6-8-13)11-7-5-9(14)12(3)4/h11,13H,5-8H2,1-4H3. The molecule has 0 aromatic heterocycles. The van der Waals surface area contributed by atoms with Crippen LogP contribution in [0, 0.1) is 0 Å². The molecule has 0 atom stereocenters. The highest BCUT2D eigenvalue weighted by molar-refractivity contribution is 5.75. The van der Waals surface area contributed by atoms with Gasteiger partial charge in [-0.25, -0.2) is 0 Å². The maximum atomic E-state index is 11.2. The zero-order valence-corrected chi connectivity index (χ0v) is 9.63. The van der Waals surface area contributed by atoms with E-state index in [1.807, 2.05) is 13.8 Å². The van der Waals surface area contributed by atoms with Gasteiger partial charge in [-0.15, -0.1) is 0 Å². The number of hydrogen-bond acceptors (Lipinski definition) is 3. The second-order valence-electron chi connectivity index (χ2n) is 4.32. The van der Waals surface area contributed by atoms with Crippen molar-refractivity contribution < 1.29 is 9.90 Å². The van der Waals surface area contributed by atoms with E-state index in [0.29, 0.717) is 19.4 Å². The van der Waals surface area contributed by atoms with Crippen LogP contribution in [0.1, 0.15) is 26.7 Å². The molecule has 0 saturated heterocycles. The van der Waals surface area contributed by atoms with E-state index in [1.165, 1.54) is 0 Å². The fourth-order valence-corrected chi connectivity index (χ4v) is 1.10. The van der Waals surface area contributed by atoms with Gasteiger partial charge in [0.15, 0.2) is 0 Å². The third-order valence-corrected chi connectivity index (χ3v) is 2.18. The first-order chi connectivity index (χ1) is 6.39. The Morgan fingerprint density at radius 1 is 1.43 bits per heavy atom. The number of aliphatic hydroxyl groups excluding tert-OH is 1. The van der Waals surface area contributed by atoms with Crippen LogP contribution in [0.2, 0.25) is 0 Å². The van der Waals surface area contributed by atoms with E-state index in [1.54, 1.807) is 19.0 Å². The predicted octanol–water partition coefficient (Wildman–Crippen LogP) is 0.215. The van der Waals surface area contributed by atoms with Gasteiger partial charge in [-0.05, 0) is 20.3 Å². The molecule has 0 spiro atoms. The lowest BCUT2D eigenvalue weighted by Gasteiger charge is -2.25. The van der Waals surface area contributed by atoms with Gasteiger partial charge in [0, 0.05) is 39.2 Å². The maximum absolute atomic E-state index is 11.2. The molecule has 0 heterocycles. The van der Waals surface area contributed by atoms with Gasteiger partial charge in [-0.2, -0.15) is 0 Å². The smallest absolute Gasteiger partial charge is 0.223 e. The molecule has 0 aliphatic rings. The molecule has 0 unspecified atom stereocenters. The lowest BCUT2D eigenvalue weighted by molar-refractivity contribution is -0.128. The second-order valence-corrected chi connectivity index (χ2v) is 4.32. The topological polar surface area (TPSA) is 52.6 Å². The van der Waals surface area contributed by atoms with Gasteiger partial charge in [0.1, 0.15) is 0 Å². The van der Waals surface area contributed by atoms with Gasteiger partial charge in [0.05, 0.1) is 0 Å². The minimum absolute atomic E-state index is 0.0959. The molecule has 4 nitrogen and oxygen atoms in total. The fraction of sp³-hybridized carbons (Fsp3) is 0.900. The molecule has 4 heteroatoms. The highest BCUT2D eigenvalue weighted by atomic mass is 16.3. The number of hydrogen-bond donors (Lipinski definition) is 2. The summed E-state index contributed by atoms with van der Waals surface area (Å²) in [5.74, 6) is 0.122. The summed E-state index contributed by atoms with van der Waals surface area (Å²) in [6, 6.07) is 0. The number of carbonyl (C=O) groups excluding carboxylic acids is 1. The van der Waals surface area contributed by atoms with Crippen molar-refractivity contribution in [2.45, 2.75) is 32.2 Å². The lowest BCUT2D eigenvalue weighted by atomic mass is 10.0. The van der Waals surface area contributed by atoms with Gasteiger partial charge in [-0.1, -0.05) is 0 Å². The van der Waals surface area contributed by atoms with Gasteiger partial charge in [-0.3, -0.25) is 4.79 Å². The van der Waals surface area contributed by atoms with Gasteiger partial charge < -0.3 is 15.3 Å². The van der Waals surface area contributed by atoms with E-state index in [4.69, 9.17) is 5.11 Å². The fourth-order valence-electron chi connectivity index (χ4n) is 1.10. The summed E-state index contributed by atoms with van der Waals surface area (Å²) in [6.07, 6.45) is 1.20. The van der Waals surface area contributed by atoms with Crippen molar-refractivity contribution in [1.29, 1.82) is 0 Å².